The van der Waals surface area contributed by atoms with Crippen LogP contribution >= 0.6 is 0 Å². The highest BCUT2D eigenvalue weighted by molar-refractivity contribution is 5.90. The summed E-state index contributed by atoms with van der Waals surface area (Å²) in [5.74, 6) is 1.26. The second-order valence-corrected chi connectivity index (χ2v) is 5.16. The topological polar surface area (TPSA) is 46.5 Å². The molecule has 0 atom stereocenters. The van der Waals surface area contributed by atoms with Crippen LogP contribution < -0.4 is 4.74 Å². The van der Waals surface area contributed by atoms with Crippen LogP contribution in [0.5, 0.6) is 17.2 Å². The zero-order chi connectivity index (χ0) is 15.4. The zero-order valence-electron chi connectivity index (χ0n) is 12.0. The second kappa shape index (κ2) is 6.31. The first-order chi connectivity index (χ1) is 10.7. The first-order valence-corrected chi connectivity index (χ1v) is 7.18. The van der Waals surface area contributed by atoms with E-state index in [2.05, 4.69) is 0 Å². The third-order valence-electron chi connectivity index (χ3n) is 3.48. The summed E-state index contributed by atoms with van der Waals surface area (Å²) >= 11 is 0. The number of aryl methyl sites for hydroxylation is 1. The Bertz CT molecular complexity index is 740. The van der Waals surface area contributed by atoms with Crippen molar-refractivity contribution in [1.82, 2.24) is 0 Å². The minimum absolute atomic E-state index is 0.0938. The maximum Gasteiger partial charge on any atom is 0.169 e. The number of ketones is 1. The van der Waals surface area contributed by atoms with Gasteiger partial charge >= 0.3 is 0 Å². The van der Waals surface area contributed by atoms with Crippen LogP contribution in [0.25, 0.3) is 6.08 Å². The molecule has 0 saturated carbocycles. The molecule has 0 unspecified atom stereocenters. The van der Waals surface area contributed by atoms with E-state index in [1.165, 1.54) is 0 Å². The van der Waals surface area contributed by atoms with E-state index in [1.54, 1.807) is 36.4 Å². The summed E-state index contributed by atoms with van der Waals surface area (Å²) in [7, 11) is 0. The molecule has 0 radical (unpaired) electrons. The van der Waals surface area contributed by atoms with Crippen LogP contribution in [0.2, 0.25) is 0 Å². The van der Waals surface area contributed by atoms with Gasteiger partial charge in [0.15, 0.2) is 17.3 Å². The lowest BCUT2D eigenvalue weighted by atomic mass is 10.1. The Labute approximate surface area is 129 Å². The van der Waals surface area contributed by atoms with Crippen molar-refractivity contribution in [2.75, 3.05) is 0 Å². The normalized spacial score (nSPS) is 15.7. The van der Waals surface area contributed by atoms with Crippen LogP contribution in [-0.4, -0.2) is 10.9 Å². The SMILES string of the molecule is O=C1/C=C\C=Cc2ccc(O)c(c2)Oc2ccc(cc2)CC1. The van der Waals surface area contributed by atoms with E-state index in [-0.39, 0.29) is 11.5 Å². The van der Waals surface area contributed by atoms with Gasteiger partial charge in [-0.1, -0.05) is 36.4 Å². The second-order valence-electron chi connectivity index (χ2n) is 5.16. The highest BCUT2D eigenvalue weighted by Gasteiger charge is 2.06. The number of hydrogen-bond donors (Lipinski definition) is 1. The average molecular weight is 292 g/mol. The van der Waals surface area contributed by atoms with Crippen LogP contribution in [0.3, 0.4) is 0 Å². The highest BCUT2D eigenvalue weighted by atomic mass is 16.5. The molecular formula is C19H16O3. The van der Waals surface area contributed by atoms with Gasteiger partial charge < -0.3 is 9.84 Å². The van der Waals surface area contributed by atoms with Crippen molar-refractivity contribution >= 4 is 11.9 Å². The van der Waals surface area contributed by atoms with Gasteiger partial charge in [-0.15, -0.1) is 0 Å². The summed E-state index contributed by atoms with van der Waals surface area (Å²) in [6, 6.07) is 12.7. The van der Waals surface area contributed by atoms with E-state index in [1.807, 2.05) is 30.3 Å². The number of rotatable bonds is 0. The van der Waals surface area contributed by atoms with Crippen LogP contribution in [0.15, 0.2) is 60.7 Å². The summed E-state index contributed by atoms with van der Waals surface area (Å²) in [5.41, 5.74) is 1.97. The number of aromatic hydroxyl groups is 1. The molecule has 0 aromatic heterocycles. The number of carbonyl (C=O) groups is 1. The van der Waals surface area contributed by atoms with Gasteiger partial charge in [0.2, 0.25) is 0 Å². The van der Waals surface area contributed by atoms with Crippen molar-refractivity contribution in [2.45, 2.75) is 12.8 Å². The van der Waals surface area contributed by atoms with Crippen LogP contribution in [-0.2, 0) is 11.2 Å². The Morgan fingerprint density at radius 2 is 1.68 bits per heavy atom. The summed E-state index contributed by atoms with van der Waals surface area (Å²) in [6.45, 7) is 0. The molecule has 1 N–H and O–H groups in total. The number of fused-ring (bicyclic) bond motifs is 6. The van der Waals surface area contributed by atoms with E-state index in [0.717, 1.165) is 11.1 Å². The van der Waals surface area contributed by atoms with E-state index < -0.39 is 0 Å². The minimum Gasteiger partial charge on any atom is -0.504 e. The van der Waals surface area contributed by atoms with Crippen molar-refractivity contribution in [3.05, 3.63) is 71.8 Å². The number of ether oxygens (including phenoxy) is 1. The van der Waals surface area contributed by atoms with Crippen molar-refractivity contribution in [2.24, 2.45) is 0 Å². The predicted octanol–water partition coefficient (Wildman–Crippen LogP) is 4.27. The first-order valence-electron chi connectivity index (χ1n) is 7.18. The third-order valence-corrected chi connectivity index (χ3v) is 3.48. The van der Waals surface area contributed by atoms with Gasteiger partial charge in [-0.05, 0) is 47.9 Å². The molecule has 3 nitrogen and oxygen atoms in total. The fraction of sp³-hybridized carbons (Fsp3) is 0.105. The summed E-state index contributed by atoms with van der Waals surface area (Å²) in [4.78, 5) is 11.8. The minimum atomic E-state index is 0.0938. The molecule has 3 heteroatoms. The molecule has 4 bridgehead atoms. The molecule has 2 aromatic rings. The Balaban J connectivity index is 2.00. The monoisotopic (exact) mass is 292 g/mol. The molecule has 22 heavy (non-hydrogen) atoms. The Morgan fingerprint density at radius 3 is 2.50 bits per heavy atom. The van der Waals surface area contributed by atoms with E-state index in [9.17, 15) is 9.90 Å². The largest absolute Gasteiger partial charge is 0.504 e. The van der Waals surface area contributed by atoms with Gasteiger partial charge in [-0.3, -0.25) is 4.79 Å². The maximum atomic E-state index is 11.8. The number of phenols is 1. The van der Waals surface area contributed by atoms with Gasteiger partial charge in [0.1, 0.15) is 5.75 Å². The molecule has 0 amide bonds. The van der Waals surface area contributed by atoms with Gasteiger partial charge in [-0.2, -0.15) is 0 Å². The molecule has 110 valence electrons. The van der Waals surface area contributed by atoms with Gasteiger partial charge in [-0.25, -0.2) is 0 Å². The molecular weight excluding hydrogens is 276 g/mol. The molecule has 0 aliphatic carbocycles. The van der Waals surface area contributed by atoms with Gasteiger partial charge in [0.05, 0.1) is 0 Å². The number of carbonyl (C=O) groups excluding carboxylic acids is 1. The molecule has 0 fully saturated rings. The number of phenolic OH excluding ortho intramolecular Hbond substituents is 1. The Hall–Kier alpha value is -2.81. The fourth-order valence-electron chi connectivity index (χ4n) is 2.25. The van der Waals surface area contributed by atoms with Crippen LogP contribution in [0.1, 0.15) is 17.5 Å². The summed E-state index contributed by atoms with van der Waals surface area (Å²) in [5, 5.41) is 9.91. The average Bonchev–Trinajstić information content (AvgIpc) is 2.54. The van der Waals surface area contributed by atoms with E-state index in [0.29, 0.717) is 24.3 Å². The lowest BCUT2D eigenvalue weighted by molar-refractivity contribution is -0.114. The van der Waals surface area contributed by atoms with Gasteiger partial charge in [0, 0.05) is 6.42 Å². The van der Waals surface area contributed by atoms with Crippen molar-refractivity contribution in [3.8, 4) is 17.2 Å². The first kappa shape index (κ1) is 14.1. The lowest BCUT2D eigenvalue weighted by Gasteiger charge is -2.09. The molecule has 0 saturated heterocycles. The zero-order valence-corrected chi connectivity index (χ0v) is 12.0. The number of allylic oxidation sites excluding steroid dienone is 3. The molecule has 2 aliphatic heterocycles. The fourth-order valence-corrected chi connectivity index (χ4v) is 2.25. The Kier molecular flexibility index (Phi) is 4.05. The van der Waals surface area contributed by atoms with E-state index >= 15 is 0 Å². The third kappa shape index (κ3) is 3.44. The molecule has 0 spiro atoms. The Morgan fingerprint density at radius 1 is 0.909 bits per heavy atom. The molecule has 2 aliphatic rings. The quantitative estimate of drug-likeness (QED) is 0.788. The number of benzene rings is 2. The van der Waals surface area contributed by atoms with Gasteiger partial charge in [0.25, 0.3) is 0 Å². The van der Waals surface area contributed by atoms with E-state index in [4.69, 9.17) is 4.74 Å². The molecule has 4 rings (SSSR count). The molecule has 2 heterocycles. The standard InChI is InChI=1S/C19H16O3/c20-16-4-2-1-3-15-8-12-18(21)19(13-15)22-17-10-6-14(5-9-16)7-11-17/h1-4,6-8,10-13,21H,5,9H2/b3-1?,4-2-. The lowest BCUT2D eigenvalue weighted by Crippen LogP contribution is -1.95. The van der Waals surface area contributed by atoms with Crippen molar-refractivity contribution in [1.29, 1.82) is 0 Å². The van der Waals surface area contributed by atoms with Crippen LogP contribution in [0.4, 0.5) is 0 Å². The maximum absolute atomic E-state index is 11.8. The summed E-state index contributed by atoms with van der Waals surface area (Å²) < 4.78 is 5.73. The van der Waals surface area contributed by atoms with Crippen molar-refractivity contribution < 1.29 is 14.6 Å². The van der Waals surface area contributed by atoms with Crippen LogP contribution in [0, 0.1) is 0 Å². The predicted molar refractivity (Wildman–Crippen MR) is 86.1 cm³/mol. The number of hydrogen-bond acceptors (Lipinski definition) is 3. The molecule has 2 aromatic carbocycles. The smallest absolute Gasteiger partial charge is 0.169 e. The summed E-state index contributed by atoms with van der Waals surface area (Å²) in [6.07, 6.45) is 8.17. The highest BCUT2D eigenvalue weighted by Crippen LogP contribution is 2.32. The van der Waals surface area contributed by atoms with Crippen molar-refractivity contribution in [3.63, 3.8) is 0 Å².